The molecule has 2 aliphatic rings. The molecule has 0 radical (unpaired) electrons. The molecule has 2 aromatic heterocycles. The molecular formula is C26H37N5O2. The third kappa shape index (κ3) is 5.07. The molecule has 7 nitrogen and oxygen atoms in total. The lowest BCUT2D eigenvalue weighted by Crippen LogP contribution is -2.29. The lowest BCUT2D eigenvalue weighted by Gasteiger charge is -2.33. The van der Waals surface area contributed by atoms with Gasteiger partial charge in [-0.15, -0.1) is 0 Å². The fourth-order valence-corrected chi connectivity index (χ4v) is 5.69. The van der Waals surface area contributed by atoms with Crippen LogP contribution in [0.2, 0.25) is 0 Å². The number of hydrogen-bond donors (Lipinski definition) is 3. The summed E-state index contributed by atoms with van der Waals surface area (Å²) < 4.78 is 5.60. The van der Waals surface area contributed by atoms with Gasteiger partial charge >= 0.3 is 0 Å². The van der Waals surface area contributed by atoms with Crippen LogP contribution >= 0.6 is 0 Å². The van der Waals surface area contributed by atoms with Gasteiger partial charge in [-0.05, 0) is 56.9 Å². The molecule has 2 saturated carbocycles. The van der Waals surface area contributed by atoms with Gasteiger partial charge in [0.15, 0.2) is 0 Å². The summed E-state index contributed by atoms with van der Waals surface area (Å²) in [5, 5.41) is 10.2. The number of pyridine rings is 1. The van der Waals surface area contributed by atoms with Crippen LogP contribution in [-0.2, 0) is 4.79 Å². The Bertz CT molecular complexity index is 974. The van der Waals surface area contributed by atoms with E-state index in [4.69, 9.17) is 10.5 Å². The Morgan fingerprint density at radius 2 is 1.67 bits per heavy atom. The molecule has 7 heteroatoms. The first-order valence-corrected chi connectivity index (χ1v) is 12.4. The van der Waals surface area contributed by atoms with Crippen LogP contribution in [0.3, 0.4) is 0 Å². The number of rotatable bonds is 6. The highest BCUT2D eigenvalue weighted by atomic mass is 16.5. The predicted octanol–water partition coefficient (Wildman–Crippen LogP) is 5.41. The van der Waals surface area contributed by atoms with E-state index in [0.717, 1.165) is 42.6 Å². The van der Waals surface area contributed by atoms with Crippen LogP contribution in [0.5, 0.6) is 5.75 Å². The molecule has 0 saturated heterocycles. The van der Waals surface area contributed by atoms with Crippen molar-refractivity contribution < 1.29 is 9.53 Å². The summed E-state index contributed by atoms with van der Waals surface area (Å²) in [6, 6.07) is 1.81. The standard InChI is InChI=1S/C26H37N5O2/c1-16-22(17(2)31-30-16)25-21(33-3)14-20(15-28-25)29-26(32)24(27)23(18-10-6-4-7-11-18)19-12-8-5-9-13-19/h14-15,18-19H,4-13,27H2,1-3H3,(H,29,32)(H,30,31). The third-order valence-corrected chi connectivity index (χ3v) is 7.34. The molecule has 0 aliphatic heterocycles. The number of anilines is 1. The molecule has 0 aromatic carbocycles. The van der Waals surface area contributed by atoms with E-state index in [2.05, 4.69) is 20.5 Å². The Hall–Kier alpha value is -2.83. The first-order chi connectivity index (χ1) is 16.0. The van der Waals surface area contributed by atoms with Crippen molar-refractivity contribution in [1.82, 2.24) is 15.2 Å². The molecule has 4 N–H and O–H groups in total. The number of ether oxygens (including phenoxy) is 1. The monoisotopic (exact) mass is 451 g/mol. The van der Waals surface area contributed by atoms with E-state index in [9.17, 15) is 4.79 Å². The second kappa shape index (κ2) is 10.4. The number of hydrogen-bond acceptors (Lipinski definition) is 5. The molecule has 178 valence electrons. The minimum absolute atomic E-state index is 0.228. The first-order valence-electron chi connectivity index (χ1n) is 12.4. The van der Waals surface area contributed by atoms with Gasteiger partial charge in [-0.25, -0.2) is 0 Å². The quantitative estimate of drug-likeness (QED) is 0.509. The van der Waals surface area contributed by atoms with E-state index in [1.165, 1.54) is 44.1 Å². The minimum Gasteiger partial charge on any atom is -0.494 e. The van der Waals surface area contributed by atoms with Gasteiger partial charge in [-0.1, -0.05) is 38.5 Å². The number of carbonyl (C=O) groups excluding carboxylic acids is 1. The number of methoxy groups -OCH3 is 1. The minimum atomic E-state index is -0.228. The van der Waals surface area contributed by atoms with Crippen LogP contribution in [0, 0.1) is 25.7 Å². The Kier molecular flexibility index (Phi) is 7.36. The number of nitrogens with one attached hydrogen (secondary N) is 2. The lowest BCUT2D eigenvalue weighted by atomic mass is 9.73. The molecule has 0 unspecified atom stereocenters. The molecule has 2 aromatic rings. The zero-order chi connectivity index (χ0) is 23.4. The average molecular weight is 452 g/mol. The van der Waals surface area contributed by atoms with E-state index >= 15 is 0 Å². The highest BCUT2D eigenvalue weighted by Crippen LogP contribution is 2.40. The van der Waals surface area contributed by atoms with Crippen LogP contribution in [0.4, 0.5) is 5.69 Å². The van der Waals surface area contributed by atoms with Gasteiger partial charge in [0.05, 0.1) is 30.4 Å². The van der Waals surface area contributed by atoms with Crippen molar-refractivity contribution in [3.63, 3.8) is 0 Å². The summed E-state index contributed by atoms with van der Waals surface area (Å²) in [5.41, 5.74) is 12.2. The highest BCUT2D eigenvalue weighted by molar-refractivity contribution is 6.03. The summed E-state index contributed by atoms with van der Waals surface area (Å²) in [5.74, 6) is 1.24. The molecular weight excluding hydrogens is 414 g/mol. The van der Waals surface area contributed by atoms with Gasteiger partial charge in [0.2, 0.25) is 0 Å². The molecule has 33 heavy (non-hydrogen) atoms. The highest BCUT2D eigenvalue weighted by Gasteiger charge is 2.30. The van der Waals surface area contributed by atoms with E-state index in [0.29, 0.717) is 34.7 Å². The van der Waals surface area contributed by atoms with Crippen LogP contribution < -0.4 is 15.8 Å². The number of H-pyrrole nitrogens is 1. The van der Waals surface area contributed by atoms with Crippen molar-refractivity contribution >= 4 is 11.6 Å². The van der Waals surface area contributed by atoms with Gasteiger partial charge in [-0.2, -0.15) is 5.10 Å². The second-order valence-electron chi connectivity index (χ2n) is 9.58. The molecule has 0 atom stereocenters. The number of carbonyl (C=O) groups is 1. The maximum absolute atomic E-state index is 13.3. The predicted molar refractivity (Wildman–Crippen MR) is 131 cm³/mol. The van der Waals surface area contributed by atoms with Crippen LogP contribution in [0.25, 0.3) is 11.3 Å². The maximum Gasteiger partial charge on any atom is 0.271 e. The van der Waals surface area contributed by atoms with Gasteiger partial charge in [0, 0.05) is 17.3 Å². The van der Waals surface area contributed by atoms with Crippen molar-refractivity contribution in [1.29, 1.82) is 0 Å². The Morgan fingerprint density at radius 3 is 2.18 bits per heavy atom. The molecule has 2 aliphatic carbocycles. The fraction of sp³-hybridized carbons (Fsp3) is 0.577. The van der Waals surface area contributed by atoms with Crippen LogP contribution in [0.1, 0.15) is 75.6 Å². The topological polar surface area (TPSA) is 106 Å². The van der Waals surface area contributed by atoms with E-state index in [-0.39, 0.29) is 5.91 Å². The first kappa shape index (κ1) is 23.3. The zero-order valence-electron chi connectivity index (χ0n) is 20.2. The average Bonchev–Trinajstić information content (AvgIpc) is 3.18. The van der Waals surface area contributed by atoms with Gasteiger partial charge in [0.25, 0.3) is 5.91 Å². The Balaban J connectivity index is 1.60. The summed E-state index contributed by atoms with van der Waals surface area (Å²) in [4.78, 5) is 17.9. The SMILES string of the molecule is COc1cc(NC(=O)C(N)=C(C2CCCCC2)C2CCCCC2)cnc1-c1c(C)n[nH]c1C. The van der Waals surface area contributed by atoms with Crippen molar-refractivity contribution in [2.24, 2.45) is 17.6 Å². The van der Waals surface area contributed by atoms with Crippen molar-refractivity contribution in [3.8, 4) is 17.0 Å². The zero-order valence-corrected chi connectivity index (χ0v) is 20.2. The number of aromatic amines is 1. The van der Waals surface area contributed by atoms with Crippen molar-refractivity contribution in [2.45, 2.75) is 78.1 Å². The van der Waals surface area contributed by atoms with E-state index in [1.807, 2.05) is 13.8 Å². The number of nitrogens with zero attached hydrogens (tertiary/aromatic N) is 2. The van der Waals surface area contributed by atoms with Gasteiger partial charge in [0.1, 0.15) is 11.4 Å². The molecule has 2 heterocycles. The molecule has 2 fully saturated rings. The number of aryl methyl sites for hydroxylation is 2. The van der Waals surface area contributed by atoms with Crippen molar-refractivity contribution in [2.75, 3.05) is 12.4 Å². The molecule has 0 spiro atoms. The Morgan fingerprint density at radius 1 is 1.06 bits per heavy atom. The van der Waals surface area contributed by atoms with Crippen molar-refractivity contribution in [3.05, 3.63) is 34.9 Å². The smallest absolute Gasteiger partial charge is 0.271 e. The van der Waals surface area contributed by atoms with E-state index in [1.54, 1.807) is 19.4 Å². The number of amides is 1. The second-order valence-corrected chi connectivity index (χ2v) is 9.58. The van der Waals surface area contributed by atoms with Gasteiger partial charge in [-0.3, -0.25) is 14.9 Å². The normalized spacial score (nSPS) is 17.5. The third-order valence-electron chi connectivity index (χ3n) is 7.34. The summed E-state index contributed by atoms with van der Waals surface area (Å²) in [7, 11) is 1.61. The summed E-state index contributed by atoms with van der Waals surface area (Å²) in [6.45, 7) is 3.88. The summed E-state index contributed by atoms with van der Waals surface area (Å²) in [6.07, 6.45) is 13.7. The number of nitrogens with two attached hydrogens (primary N) is 1. The van der Waals surface area contributed by atoms with Gasteiger partial charge < -0.3 is 15.8 Å². The maximum atomic E-state index is 13.3. The Labute approximate surface area is 196 Å². The molecule has 0 bridgehead atoms. The molecule has 1 amide bonds. The van der Waals surface area contributed by atoms with E-state index < -0.39 is 0 Å². The number of allylic oxidation sites excluding steroid dienone is 1. The van der Waals surface area contributed by atoms with Crippen LogP contribution in [0.15, 0.2) is 23.5 Å². The lowest BCUT2D eigenvalue weighted by molar-refractivity contribution is -0.113. The largest absolute Gasteiger partial charge is 0.494 e. The fourth-order valence-electron chi connectivity index (χ4n) is 5.69. The van der Waals surface area contributed by atoms with Crippen LogP contribution in [-0.4, -0.2) is 28.2 Å². The number of aromatic nitrogens is 3. The summed E-state index contributed by atoms with van der Waals surface area (Å²) >= 11 is 0. The molecule has 4 rings (SSSR count).